The summed E-state index contributed by atoms with van der Waals surface area (Å²) in [4.78, 5) is 22.9. The Morgan fingerprint density at radius 2 is 1.24 bits per heavy atom. The van der Waals surface area contributed by atoms with Crippen molar-refractivity contribution in [3.8, 4) is 0 Å². The first kappa shape index (κ1) is 19.9. The third-order valence-electron chi connectivity index (χ3n) is 3.06. The third-order valence-corrected chi connectivity index (χ3v) is 3.06. The monoisotopic (exact) mass is 304 g/mol. The van der Waals surface area contributed by atoms with Crippen LogP contribution in [0.25, 0.3) is 0 Å². The van der Waals surface area contributed by atoms with E-state index in [2.05, 4.69) is 0 Å². The van der Waals surface area contributed by atoms with E-state index in [-0.39, 0.29) is 44.7 Å². The van der Waals surface area contributed by atoms with Gasteiger partial charge in [0.2, 0.25) is 0 Å². The molecule has 0 amide bonds. The number of carbonyl (C=O) groups excluding carboxylic acids is 2. The molecule has 2 N–H and O–H groups in total. The van der Waals surface area contributed by atoms with Gasteiger partial charge in [-0.25, -0.2) is 0 Å². The van der Waals surface area contributed by atoms with Crippen molar-refractivity contribution in [2.45, 2.75) is 46.0 Å². The topological polar surface area (TPSA) is 93.1 Å². The molecule has 2 unspecified atom stereocenters. The molecule has 0 heterocycles. The van der Waals surface area contributed by atoms with Crippen molar-refractivity contribution < 1.29 is 29.3 Å². The molecule has 124 valence electrons. The van der Waals surface area contributed by atoms with Gasteiger partial charge in [0.1, 0.15) is 6.42 Å². The molecule has 6 nitrogen and oxygen atoms in total. The lowest BCUT2D eigenvalue weighted by atomic mass is 10.1. The van der Waals surface area contributed by atoms with Crippen LogP contribution in [0.4, 0.5) is 0 Å². The molecule has 0 saturated carbocycles. The van der Waals surface area contributed by atoms with Crippen molar-refractivity contribution in [2.24, 2.45) is 11.8 Å². The van der Waals surface area contributed by atoms with Crippen LogP contribution in [0.1, 0.15) is 46.0 Å². The largest absolute Gasteiger partial charge is 0.465 e. The maximum Gasteiger partial charge on any atom is 0.317 e. The Morgan fingerprint density at radius 1 is 0.857 bits per heavy atom. The highest BCUT2D eigenvalue weighted by atomic mass is 16.6. The smallest absolute Gasteiger partial charge is 0.317 e. The van der Waals surface area contributed by atoms with Gasteiger partial charge < -0.3 is 19.7 Å². The van der Waals surface area contributed by atoms with Crippen molar-refractivity contribution in [1.82, 2.24) is 0 Å². The van der Waals surface area contributed by atoms with Crippen LogP contribution >= 0.6 is 0 Å². The van der Waals surface area contributed by atoms with Crippen LogP contribution in [0.3, 0.4) is 0 Å². The lowest BCUT2D eigenvalue weighted by Gasteiger charge is -2.12. The first-order valence-corrected chi connectivity index (χ1v) is 7.52. The summed E-state index contributed by atoms with van der Waals surface area (Å²) in [6, 6.07) is 0. The Balaban J connectivity index is 3.71. The molecule has 2 atom stereocenters. The number of aliphatic hydroxyl groups excluding tert-OH is 2. The summed E-state index contributed by atoms with van der Waals surface area (Å²) in [5.74, 6) is -0.844. The predicted molar refractivity (Wildman–Crippen MR) is 77.5 cm³/mol. The zero-order chi connectivity index (χ0) is 16.1. The second kappa shape index (κ2) is 12.6. The van der Waals surface area contributed by atoms with E-state index in [1.807, 2.05) is 13.8 Å². The molecular weight excluding hydrogens is 276 g/mol. The van der Waals surface area contributed by atoms with Gasteiger partial charge in [-0.2, -0.15) is 0 Å². The number of ether oxygens (including phenoxy) is 2. The Morgan fingerprint density at radius 3 is 1.57 bits per heavy atom. The maximum absolute atomic E-state index is 11.4. The molecule has 6 heteroatoms. The van der Waals surface area contributed by atoms with Crippen molar-refractivity contribution in [3.63, 3.8) is 0 Å². The number of aliphatic hydroxyl groups is 2. The minimum Gasteiger partial charge on any atom is -0.465 e. The number of esters is 2. The number of hydrogen-bond donors (Lipinski definition) is 2. The van der Waals surface area contributed by atoms with Gasteiger partial charge in [0.15, 0.2) is 0 Å². The van der Waals surface area contributed by atoms with Crippen molar-refractivity contribution in [2.75, 3.05) is 26.4 Å². The van der Waals surface area contributed by atoms with E-state index >= 15 is 0 Å². The molecule has 0 radical (unpaired) electrons. The normalized spacial score (nSPS) is 13.5. The van der Waals surface area contributed by atoms with Gasteiger partial charge in [-0.3, -0.25) is 9.59 Å². The van der Waals surface area contributed by atoms with E-state index in [0.29, 0.717) is 12.8 Å². The average Bonchev–Trinajstić information content (AvgIpc) is 2.46. The molecule has 0 aromatic heterocycles. The minimum atomic E-state index is -0.584. The van der Waals surface area contributed by atoms with Crippen LogP contribution in [-0.4, -0.2) is 48.6 Å². The van der Waals surface area contributed by atoms with E-state index in [4.69, 9.17) is 19.7 Å². The highest BCUT2D eigenvalue weighted by molar-refractivity contribution is 5.91. The van der Waals surface area contributed by atoms with Gasteiger partial charge in [0, 0.05) is 13.2 Å². The fraction of sp³-hybridized carbons (Fsp3) is 0.867. The van der Waals surface area contributed by atoms with Gasteiger partial charge in [-0.1, -0.05) is 13.8 Å². The standard InChI is InChI=1S/C15H28O6/c1-12(5-3-7-16)10-20-14(18)9-15(19)21-11-13(2)6-4-8-17/h12-13,16-17H,3-11H2,1-2H3. The van der Waals surface area contributed by atoms with Crippen LogP contribution in [0.15, 0.2) is 0 Å². The van der Waals surface area contributed by atoms with E-state index in [1.165, 1.54) is 0 Å². The molecule has 0 aromatic rings. The summed E-state index contributed by atoms with van der Waals surface area (Å²) >= 11 is 0. The first-order valence-electron chi connectivity index (χ1n) is 7.52. The van der Waals surface area contributed by atoms with E-state index < -0.39 is 11.9 Å². The van der Waals surface area contributed by atoms with Gasteiger partial charge >= 0.3 is 11.9 Å². The van der Waals surface area contributed by atoms with Crippen molar-refractivity contribution >= 4 is 11.9 Å². The molecule has 0 bridgehead atoms. The quantitative estimate of drug-likeness (QED) is 0.417. The Kier molecular flexibility index (Phi) is 11.9. The van der Waals surface area contributed by atoms with E-state index in [9.17, 15) is 9.59 Å². The summed E-state index contributed by atoms with van der Waals surface area (Å²) < 4.78 is 9.98. The van der Waals surface area contributed by atoms with Crippen LogP contribution in [-0.2, 0) is 19.1 Å². The highest BCUT2D eigenvalue weighted by Gasteiger charge is 2.14. The maximum atomic E-state index is 11.4. The minimum absolute atomic E-state index is 0.124. The fourth-order valence-electron chi connectivity index (χ4n) is 1.74. The first-order chi connectivity index (χ1) is 9.99. The van der Waals surface area contributed by atoms with Crippen LogP contribution in [0.2, 0.25) is 0 Å². The van der Waals surface area contributed by atoms with Crippen molar-refractivity contribution in [1.29, 1.82) is 0 Å². The summed E-state index contributed by atoms with van der Waals surface area (Å²) in [7, 11) is 0. The molecule has 21 heavy (non-hydrogen) atoms. The zero-order valence-electron chi connectivity index (χ0n) is 13.0. The van der Waals surface area contributed by atoms with Gasteiger partial charge in [0.25, 0.3) is 0 Å². The van der Waals surface area contributed by atoms with Crippen LogP contribution in [0, 0.1) is 11.8 Å². The van der Waals surface area contributed by atoms with Gasteiger partial charge in [0.05, 0.1) is 13.2 Å². The summed E-state index contributed by atoms with van der Waals surface area (Å²) in [6.07, 6.45) is 2.52. The lowest BCUT2D eigenvalue weighted by Crippen LogP contribution is -2.19. The molecule has 0 aliphatic heterocycles. The number of carbonyl (C=O) groups is 2. The molecular formula is C15H28O6. The third kappa shape index (κ3) is 12.3. The van der Waals surface area contributed by atoms with E-state index in [1.54, 1.807) is 0 Å². The predicted octanol–water partition coefficient (Wildman–Crippen LogP) is 1.28. The van der Waals surface area contributed by atoms with E-state index in [0.717, 1.165) is 12.8 Å². The molecule has 0 aromatic carbocycles. The SMILES string of the molecule is CC(CCCO)COC(=O)CC(=O)OCC(C)CCCO. The fourth-order valence-corrected chi connectivity index (χ4v) is 1.74. The van der Waals surface area contributed by atoms with Gasteiger partial charge in [-0.05, 0) is 37.5 Å². The van der Waals surface area contributed by atoms with Crippen molar-refractivity contribution in [3.05, 3.63) is 0 Å². The van der Waals surface area contributed by atoms with Gasteiger partial charge in [-0.15, -0.1) is 0 Å². The second-order valence-corrected chi connectivity index (χ2v) is 5.48. The molecule has 0 spiro atoms. The highest BCUT2D eigenvalue weighted by Crippen LogP contribution is 2.08. The number of rotatable bonds is 12. The Labute approximate surface area is 126 Å². The summed E-state index contributed by atoms with van der Waals surface area (Å²) in [5.41, 5.74) is 0. The average molecular weight is 304 g/mol. The van der Waals surface area contributed by atoms with Crippen LogP contribution in [0.5, 0.6) is 0 Å². The Bertz CT molecular complexity index is 264. The number of hydrogen-bond acceptors (Lipinski definition) is 6. The zero-order valence-corrected chi connectivity index (χ0v) is 13.0. The lowest BCUT2D eigenvalue weighted by molar-refractivity contribution is -0.155. The molecule has 0 aliphatic carbocycles. The summed E-state index contributed by atoms with van der Waals surface area (Å²) in [6.45, 7) is 4.59. The van der Waals surface area contributed by atoms with Crippen LogP contribution < -0.4 is 0 Å². The molecule has 0 saturated heterocycles. The Hall–Kier alpha value is -1.14. The molecule has 0 aliphatic rings. The summed E-state index contributed by atoms with van der Waals surface area (Å²) in [5, 5.41) is 17.4. The second-order valence-electron chi connectivity index (χ2n) is 5.48. The molecule has 0 fully saturated rings. The molecule has 0 rings (SSSR count).